The van der Waals surface area contributed by atoms with Gasteiger partial charge in [0.15, 0.2) is 12.4 Å². The standard InChI is InChI=1S/C24H20Cl2N8O5S3/c25-13-1-2-15(26)16(7-13)41-11-18(36)27-19-21(37)34-20(23(38)39)12(10-42-22(19)34)9-40-14-3-5-33(6-4-14)8-17(35)28-24-29-31-32-30-24/h1-7,19,22H,8-11H2,(H3-,27,28,29,30,31,32,35,36,38,39)/t19-,22-/m1/s1. The van der Waals surface area contributed by atoms with Crippen LogP contribution >= 0.6 is 58.5 Å². The number of aliphatic carboxylic acids is 1. The molecule has 42 heavy (non-hydrogen) atoms. The van der Waals surface area contributed by atoms with Crippen LogP contribution in [0.25, 0.3) is 0 Å². The zero-order valence-corrected chi connectivity index (χ0v) is 25.2. The lowest BCUT2D eigenvalue weighted by atomic mass is 10.0. The van der Waals surface area contributed by atoms with E-state index in [1.807, 2.05) is 0 Å². The van der Waals surface area contributed by atoms with Crippen molar-refractivity contribution in [1.82, 2.24) is 30.8 Å². The molecule has 0 unspecified atom stereocenters. The van der Waals surface area contributed by atoms with E-state index in [0.717, 1.165) is 4.90 Å². The summed E-state index contributed by atoms with van der Waals surface area (Å²) in [7, 11) is 0. The summed E-state index contributed by atoms with van der Waals surface area (Å²) in [5.74, 6) is -1.93. The van der Waals surface area contributed by atoms with Crippen LogP contribution in [0.1, 0.15) is 0 Å². The fraction of sp³-hybridized carbons (Fsp3) is 0.250. The van der Waals surface area contributed by atoms with E-state index in [1.54, 1.807) is 47.3 Å². The van der Waals surface area contributed by atoms with E-state index >= 15 is 0 Å². The summed E-state index contributed by atoms with van der Waals surface area (Å²) >= 11 is 16.1. The van der Waals surface area contributed by atoms with Crippen LogP contribution in [0.15, 0.2) is 63.8 Å². The fourth-order valence-electron chi connectivity index (χ4n) is 4.09. The maximum Gasteiger partial charge on any atom is 0.292 e. The number of carboxylic acids is 1. The highest BCUT2D eigenvalue weighted by Crippen LogP contribution is 2.41. The number of nitrogens with one attached hydrogen (secondary N) is 3. The molecule has 2 aliphatic rings. The lowest BCUT2D eigenvalue weighted by molar-refractivity contribution is -0.684. The number of β-lactam (4-membered cyclic amide) rings is 1. The third kappa shape index (κ3) is 7.00. The number of benzene rings is 1. The van der Waals surface area contributed by atoms with E-state index in [1.165, 1.54) is 40.2 Å². The number of thioether (sulfide) groups is 3. The van der Waals surface area contributed by atoms with Gasteiger partial charge in [0, 0.05) is 38.5 Å². The number of H-pyrrole nitrogens is 1. The van der Waals surface area contributed by atoms with Crippen LogP contribution in [0.4, 0.5) is 5.95 Å². The minimum atomic E-state index is -1.45. The summed E-state index contributed by atoms with van der Waals surface area (Å²) in [5.41, 5.74) is 0.382. The molecular weight excluding hydrogens is 647 g/mol. The van der Waals surface area contributed by atoms with Crippen LogP contribution in [-0.2, 0) is 25.7 Å². The van der Waals surface area contributed by atoms with Crippen LogP contribution in [0.5, 0.6) is 0 Å². The van der Waals surface area contributed by atoms with E-state index in [2.05, 4.69) is 31.3 Å². The van der Waals surface area contributed by atoms with Gasteiger partial charge in [0.1, 0.15) is 11.4 Å². The number of hydrogen-bond acceptors (Lipinski definition) is 11. The highest BCUT2D eigenvalue weighted by molar-refractivity contribution is 8.01. The quantitative estimate of drug-likeness (QED) is 0.149. The molecule has 0 bridgehead atoms. The summed E-state index contributed by atoms with van der Waals surface area (Å²) in [5, 5.41) is 30.6. The number of aromatic amines is 1. The Balaban J connectivity index is 1.15. The summed E-state index contributed by atoms with van der Waals surface area (Å²) < 4.78 is 1.65. The SMILES string of the molecule is O=C(C[n+]1ccc(SCC2=C(C(=O)[O-])N3C(=O)[C@@H](NC(=O)CSc4cc(Cl)ccc4Cl)[C@H]3SC2)cc1)Nc1nn[nH]n1. The van der Waals surface area contributed by atoms with Crippen molar-refractivity contribution in [2.45, 2.75) is 27.8 Å². The van der Waals surface area contributed by atoms with Crippen LogP contribution in [0, 0.1) is 0 Å². The van der Waals surface area contributed by atoms with Gasteiger partial charge < -0.3 is 15.2 Å². The molecule has 3 N–H and O–H groups in total. The minimum absolute atomic E-state index is 0.00680. The normalized spacial score (nSPS) is 17.9. The summed E-state index contributed by atoms with van der Waals surface area (Å²) in [6.07, 6.45) is 3.42. The molecule has 5 rings (SSSR count). The zero-order valence-electron chi connectivity index (χ0n) is 21.3. The molecule has 4 heterocycles. The van der Waals surface area contributed by atoms with Gasteiger partial charge in [-0.2, -0.15) is 9.78 Å². The van der Waals surface area contributed by atoms with Crippen LogP contribution in [0.3, 0.4) is 0 Å². The Morgan fingerprint density at radius 3 is 2.67 bits per heavy atom. The molecule has 1 aromatic carbocycles. The number of fused-ring (bicyclic) bond motifs is 1. The average Bonchev–Trinajstić information content (AvgIpc) is 3.48. The average molecular weight is 668 g/mol. The molecular formula is C24H20Cl2N8O5S3. The molecule has 218 valence electrons. The van der Waals surface area contributed by atoms with Crippen molar-refractivity contribution >= 4 is 88.1 Å². The maximum absolute atomic E-state index is 12.9. The smallest absolute Gasteiger partial charge is 0.292 e. The number of halogens is 2. The van der Waals surface area contributed by atoms with Crippen molar-refractivity contribution < 1.29 is 28.9 Å². The Hall–Kier alpha value is -3.31. The first-order chi connectivity index (χ1) is 20.2. The topological polar surface area (TPSA) is 177 Å². The van der Waals surface area contributed by atoms with E-state index in [4.69, 9.17) is 23.2 Å². The summed E-state index contributed by atoms with van der Waals surface area (Å²) in [6.45, 7) is 0.0271. The monoisotopic (exact) mass is 666 g/mol. The van der Waals surface area contributed by atoms with Crippen LogP contribution < -0.4 is 20.3 Å². The minimum Gasteiger partial charge on any atom is -0.543 e. The number of rotatable bonds is 11. The Labute approximate surface area is 261 Å². The molecule has 2 aromatic heterocycles. The Bertz CT molecular complexity index is 1560. The Morgan fingerprint density at radius 2 is 1.95 bits per heavy atom. The number of carbonyl (C=O) groups is 4. The molecule has 13 nitrogen and oxygen atoms in total. The number of hydrogen-bond donors (Lipinski definition) is 3. The third-order valence-electron chi connectivity index (χ3n) is 6.01. The van der Waals surface area contributed by atoms with Gasteiger partial charge >= 0.3 is 0 Å². The maximum atomic E-state index is 12.9. The van der Waals surface area contributed by atoms with E-state index < -0.39 is 23.3 Å². The first-order valence-corrected chi connectivity index (χ1v) is 15.9. The Kier molecular flexibility index (Phi) is 9.57. The molecule has 0 spiro atoms. The predicted octanol–water partition coefficient (Wildman–Crippen LogP) is 0.721. The van der Waals surface area contributed by atoms with Gasteiger partial charge in [-0.1, -0.05) is 28.3 Å². The second-order valence-electron chi connectivity index (χ2n) is 8.84. The number of aromatic nitrogens is 5. The van der Waals surface area contributed by atoms with Crippen molar-refractivity contribution in [1.29, 1.82) is 0 Å². The van der Waals surface area contributed by atoms with Gasteiger partial charge in [-0.3, -0.25) is 24.6 Å². The van der Waals surface area contributed by atoms with Gasteiger partial charge in [-0.25, -0.2) is 0 Å². The number of carbonyl (C=O) groups excluding carboxylic acids is 4. The van der Waals surface area contributed by atoms with E-state index in [-0.39, 0.29) is 35.8 Å². The van der Waals surface area contributed by atoms with Crippen molar-refractivity contribution in [3.8, 4) is 0 Å². The molecule has 2 atom stereocenters. The molecule has 18 heteroatoms. The molecule has 0 radical (unpaired) electrons. The fourth-order valence-corrected chi connectivity index (χ4v) is 7.76. The number of amides is 3. The van der Waals surface area contributed by atoms with E-state index in [9.17, 15) is 24.3 Å². The third-order valence-corrected chi connectivity index (χ3v) is 10.2. The number of carboxylic acid groups (broad SMARTS) is 1. The molecule has 1 saturated heterocycles. The highest BCUT2D eigenvalue weighted by Gasteiger charge is 2.52. The van der Waals surface area contributed by atoms with Gasteiger partial charge in [-0.15, -0.1) is 40.4 Å². The Morgan fingerprint density at radius 1 is 1.17 bits per heavy atom. The molecule has 0 saturated carbocycles. The number of nitrogens with zero attached hydrogens (tertiary/aromatic N) is 5. The van der Waals surface area contributed by atoms with Crippen molar-refractivity contribution in [3.63, 3.8) is 0 Å². The molecule has 2 aliphatic heterocycles. The van der Waals surface area contributed by atoms with E-state index in [0.29, 0.717) is 32.0 Å². The van der Waals surface area contributed by atoms with Gasteiger partial charge in [0.05, 0.1) is 22.4 Å². The van der Waals surface area contributed by atoms with Crippen molar-refractivity contribution in [3.05, 3.63) is 64.0 Å². The van der Waals surface area contributed by atoms with Gasteiger partial charge in [-0.05, 0) is 29.0 Å². The van der Waals surface area contributed by atoms with Crippen LogP contribution in [-0.4, -0.2) is 77.9 Å². The summed E-state index contributed by atoms with van der Waals surface area (Å²) in [4.78, 5) is 52.3. The first kappa shape index (κ1) is 30.2. The zero-order chi connectivity index (χ0) is 29.8. The molecule has 0 aliphatic carbocycles. The van der Waals surface area contributed by atoms with Crippen molar-refractivity contribution in [2.75, 3.05) is 22.6 Å². The van der Waals surface area contributed by atoms with Gasteiger partial charge in [0.2, 0.25) is 12.5 Å². The first-order valence-electron chi connectivity index (χ1n) is 12.1. The largest absolute Gasteiger partial charge is 0.543 e. The summed E-state index contributed by atoms with van der Waals surface area (Å²) in [6, 6.07) is 7.67. The second-order valence-corrected chi connectivity index (χ2v) is 12.9. The predicted molar refractivity (Wildman–Crippen MR) is 154 cm³/mol. The number of tetrazole rings is 1. The van der Waals surface area contributed by atoms with Gasteiger partial charge in [0.25, 0.3) is 17.8 Å². The molecule has 1 fully saturated rings. The number of pyridine rings is 1. The highest BCUT2D eigenvalue weighted by atomic mass is 35.5. The lowest BCUT2D eigenvalue weighted by Gasteiger charge is -2.50. The second kappa shape index (κ2) is 13.3. The molecule has 3 amide bonds. The molecule has 3 aromatic rings. The lowest BCUT2D eigenvalue weighted by Crippen LogP contribution is -2.71. The van der Waals surface area contributed by atoms with Crippen molar-refractivity contribution in [2.24, 2.45) is 0 Å². The van der Waals surface area contributed by atoms with Crippen LogP contribution in [0.2, 0.25) is 10.0 Å². The number of anilines is 1.